The lowest BCUT2D eigenvalue weighted by Crippen LogP contribution is -2.40. The Morgan fingerprint density at radius 1 is 1.14 bits per heavy atom. The number of piperidine rings is 1. The van der Waals surface area contributed by atoms with Crippen molar-refractivity contribution >= 4 is 5.91 Å². The van der Waals surface area contributed by atoms with Crippen molar-refractivity contribution in [3.8, 4) is 11.5 Å². The Kier molecular flexibility index (Phi) is 5.58. The zero-order chi connectivity index (χ0) is 19.3. The average Bonchev–Trinajstić information content (AvgIpc) is 3.40. The van der Waals surface area contributed by atoms with E-state index in [4.69, 9.17) is 8.83 Å². The van der Waals surface area contributed by atoms with Crippen LogP contribution >= 0.6 is 0 Å². The van der Waals surface area contributed by atoms with Gasteiger partial charge in [-0.15, -0.1) is 0 Å². The highest BCUT2D eigenvalue weighted by Gasteiger charge is 2.26. The number of rotatable bonds is 6. The highest BCUT2D eigenvalue weighted by Crippen LogP contribution is 2.25. The molecule has 0 bridgehead atoms. The Hall–Kier alpha value is -2.86. The smallest absolute Gasteiger partial charge is 0.273 e. The van der Waals surface area contributed by atoms with Crippen molar-refractivity contribution in [2.45, 2.75) is 32.2 Å². The molecule has 0 spiro atoms. The van der Waals surface area contributed by atoms with Crippen LogP contribution in [0.25, 0.3) is 11.5 Å². The van der Waals surface area contributed by atoms with E-state index >= 15 is 0 Å². The van der Waals surface area contributed by atoms with E-state index in [1.54, 1.807) is 13.2 Å². The molecule has 3 heterocycles. The second kappa shape index (κ2) is 8.44. The Bertz CT molecular complexity index is 897. The first-order valence-corrected chi connectivity index (χ1v) is 9.81. The lowest BCUT2D eigenvalue weighted by molar-refractivity contribution is 0.0908. The molecule has 6 nitrogen and oxygen atoms in total. The van der Waals surface area contributed by atoms with Gasteiger partial charge in [-0.05, 0) is 57.1 Å². The second-order valence-corrected chi connectivity index (χ2v) is 7.13. The third kappa shape index (κ3) is 4.02. The third-order valence-corrected chi connectivity index (χ3v) is 5.19. The third-order valence-electron chi connectivity index (χ3n) is 5.19. The van der Waals surface area contributed by atoms with Crippen LogP contribution in [0.2, 0.25) is 0 Å². The molecule has 0 radical (unpaired) electrons. The molecule has 2 aromatic heterocycles. The van der Waals surface area contributed by atoms with Gasteiger partial charge in [-0.1, -0.05) is 24.6 Å². The van der Waals surface area contributed by atoms with Gasteiger partial charge in [0.15, 0.2) is 5.69 Å². The molecule has 1 atom stereocenters. The van der Waals surface area contributed by atoms with Gasteiger partial charge >= 0.3 is 0 Å². The monoisotopic (exact) mass is 379 g/mol. The number of amides is 1. The molecule has 0 saturated carbocycles. The minimum Gasteiger partial charge on any atom is -0.468 e. The largest absolute Gasteiger partial charge is 0.468 e. The molecule has 1 aromatic carbocycles. The van der Waals surface area contributed by atoms with Gasteiger partial charge in [0.1, 0.15) is 11.5 Å². The Morgan fingerprint density at radius 2 is 1.93 bits per heavy atom. The van der Waals surface area contributed by atoms with Crippen LogP contribution < -0.4 is 5.32 Å². The fourth-order valence-electron chi connectivity index (χ4n) is 3.70. The maximum absolute atomic E-state index is 12.8. The number of benzene rings is 1. The number of furan rings is 1. The van der Waals surface area contributed by atoms with Crippen molar-refractivity contribution in [1.29, 1.82) is 0 Å². The van der Waals surface area contributed by atoms with Crippen LogP contribution in [0.4, 0.5) is 0 Å². The molecule has 1 aliphatic rings. The molecule has 1 fully saturated rings. The summed E-state index contributed by atoms with van der Waals surface area (Å²) in [4.78, 5) is 19.6. The van der Waals surface area contributed by atoms with E-state index in [0.29, 0.717) is 23.9 Å². The van der Waals surface area contributed by atoms with Crippen LogP contribution in [-0.4, -0.2) is 35.4 Å². The van der Waals surface area contributed by atoms with Gasteiger partial charge in [0, 0.05) is 12.1 Å². The predicted octanol–water partition coefficient (Wildman–Crippen LogP) is 4.20. The van der Waals surface area contributed by atoms with Crippen LogP contribution in [0.1, 0.15) is 47.3 Å². The van der Waals surface area contributed by atoms with Gasteiger partial charge in [0.25, 0.3) is 5.91 Å². The first kappa shape index (κ1) is 18.5. The highest BCUT2D eigenvalue weighted by atomic mass is 16.4. The molecule has 146 valence electrons. The van der Waals surface area contributed by atoms with Gasteiger partial charge in [-0.2, -0.15) is 0 Å². The van der Waals surface area contributed by atoms with E-state index in [-0.39, 0.29) is 11.9 Å². The van der Waals surface area contributed by atoms with Crippen LogP contribution in [-0.2, 0) is 0 Å². The molecule has 28 heavy (non-hydrogen) atoms. The normalized spacial score (nSPS) is 16.0. The van der Waals surface area contributed by atoms with E-state index in [0.717, 1.165) is 24.4 Å². The quantitative estimate of drug-likeness (QED) is 0.695. The van der Waals surface area contributed by atoms with Crippen molar-refractivity contribution in [1.82, 2.24) is 15.2 Å². The fraction of sp³-hybridized carbons (Fsp3) is 0.364. The van der Waals surface area contributed by atoms with Gasteiger partial charge in [-0.25, -0.2) is 4.98 Å². The van der Waals surface area contributed by atoms with Crippen molar-refractivity contribution < 1.29 is 13.6 Å². The summed E-state index contributed by atoms with van der Waals surface area (Å²) < 4.78 is 11.4. The number of aryl methyl sites for hydroxylation is 1. The summed E-state index contributed by atoms with van der Waals surface area (Å²) in [6.45, 7) is 4.27. The number of nitrogens with zero attached hydrogens (tertiary/aromatic N) is 2. The molecule has 3 aromatic rings. The number of carbonyl (C=O) groups is 1. The van der Waals surface area contributed by atoms with E-state index in [9.17, 15) is 4.79 Å². The van der Waals surface area contributed by atoms with E-state index in [1.807, 2.05) is 42.5 Å². The molecule has 0 aliphatic carbocycles. The molecule has 1 saturated heterocycles. The maximum atomic E-state index is 12.8. The number of oxazole rings is 1. The first-order valence-electron chi connectivity index (χ1n) is 9.81. The summed E-state index contributed by atoms with van der Waals surface area (Å²) in [6.07, 6.45) is 5.29. The molecule has 1 amide bonds. The number of aromatic nitrogens is 1. The molecular weight excluding hydrogens is 354 g/mol. The standard InChI is InChI=1S/C22H25N3O3/c1-16-20(24-22(28-16)17-9-4-2-5-10-17)21(26)23-15-18(19-11-8-14-27-19)25-12-6-3-7-13-25/h2,4-5,8-11,14,18H,3,6-7,12-13,15H2,1H3,(H,23,26)/t18-/m0/s1. The fourth-order valence-corrected chi connectivity index (χ4v) is 3.70. The van der Waals surface area contributed by atoms with Crippen molar-refractivity contribution in [2.24, 2.45) is 0 Å². The molecule has 1 N–H and O–H groups in total. The number of likely N-dealkylation sites (tertiary alicyclic amines) is 1. The highest BCUT2D eigenvalue weighted by molar-refractivity contribution is 5.93. The Balaban J connectivity index is 1.47. The molecule has 4 rings (SSSR count). The lowest BCUT2D eigenvalue weighted by atomic mass is 10.1. The molecule has 0 unspecified atom stereocenters. The Morgan fingerprint density at radius 3 is 2.64 bits per heavy atom. The SMILES string of the molecule is Cc1oc(-c2ccccc2)nc1C(=O)NC[C@@H](c1ccco1)N1CCCCC1. The topological polar surface area (TPSA) is 71.5 Å². The minimum atomic E-state index is -0.225. The first-order chi connectivity index (χ1) is 13.7. The van der Waals surface area contributed by atoms with Gasteiger partial charge in [-0.3, -0.25) is 9.69 Å². The van der Waals surface area contributed by atoms with Gasteiger partial charge in [0.2, 0.25) is 5.89 Å². The average molecular weight is 379 g/mol. The molecule has 1 aliphatic heterocycles. The van der Waals surface area contributed by atoms with E-state index < -0.39 is 0 Å². The van der Waals surface area contributed by atoms with Crippen molar-refractivity contribution in [3.63, 3.8) is 0 Å². The minimum absolute atomic E-state index is 0.0278. The summed E-state index contributed by atoms with van der Waals surface area (Å²) in [7, 11) is 0. The Labute approximate surface area is 164 Å². The summed E-state index contributed by atoms with van der Waals surface area (Å²) in [5.74, 6) is 1.63. The van der Waals surface area contributed by atoms with E-state index in [2.05, 4.69) is 15.2 Å². The summed E-state index contributed by atoms with van der Waals surface area (Å²) in [6, 6.07) is 13.5. The lowest BCUT2D eigenvalue weighted by Gasteiger charge is -2.33. The number of carbonyl (C=O) groups excluding carboxylic acids is 1. The summed E-state index contributed by atoms with van der Waals surface area (Å²) >= 11 is 0. The van der Waals surface area contributed by atoms with Crippen molar-refractivity contribution in [3.05, 3.63) is 65.9 Å². The predicted molar refractivity (Wildman–Crippen MR) is 106 cm³/mol. The molecular formula is C22H25N3O3. The maximum Gasteiger partial charge on any atom is 0.273 e. The summed E-state index contributed by atoms with van der Waals surface area (Å²) in [5, 5.41) is 3.03. The molecule has 6 heteroatoms. The van der Waals surface area contributed by atoms with Crippen LogP contribution in [0.3, 0.4) is 0 Å². The van der Waals surface area contributed by atoms with E-state index in [1.165, 1.54) is 19.3 Å². The zero-order valence-corrected chi connectivity index (χ0v) is 16.1. The number of hydrogen-bond acceptors (Lipinski definition) is 5. The van der Waals surface area contributed by atoms with Gasteiger partial charge < -0.3 is 14.2 Å². The van der Waals surface area contributed by atoms with Crippen molar-refractivity contribution in [2.75, 3.05) is 19.6 Å². The summed E-state index contributed by atoms with van der Waals surface area (Å²) in [5.41, 5.74) is 1.18. The van der Waals surface area contributed by atoms with Crippen LogP contribution in [0, 0.1) is 6.92 Å². The number of nitrogens with one attached hydrogen (secondary N) is 1. The van der Waals surface area contributed by atoms with Gasteiger partial charge in [0.05, 0.1) is 12.3 Å². The number of hydrogen-bond donors (Lipinski definition) is 1. The van der Waals surface area contributed by atoms with Crippen LogP contribution in [0.5, 0.6) is 0 Å². The second-order valence-electron chi connectivity index (χ2n) is 7.13. The van der Waals surface area contributed by atoms with Crippen LogP contribution in [0.15, 0.2) is 57.6 Å². The zero-order valence-electron chi connectivity index (χ0n) is 16.1.